The van der Waals surface area contributed by atoms with Crippen molar-refractivity contribution < 1.29 is 9.90 Å². The van der Waals surface area contributed by atoms with Crippen LogP contribution >= 0.6 is 15.9 Å². The Balaban J connectivity index is 2.33. The van der Waals surface area contributed by atoms with Gasteiger partial charge in [0.1, 0.15) is 5.69 Å². The van der Waals surface area contributed by atoms with Crippen LogP contribution in [0.2, 0.25) is 0 Å². The van der Waals surface area contributed by atoms with Gasteiger partial charge in [-0.05, 0) is 35.9 Å². The second kappa shape index (κ2) is 5.13. The molecule has 0 aliphatic carbocycles. The van der Waals surface area contributed by atoms with Crippen LogP contribution in [0.1, 0.15) is 16.1 Å². The Hall–Kier alpha value is -2.07. The van der Waals surface area contributed by atoms with E-state index in [0.29, 0.717) is 0 Å². The number of aromatic carboxylic acids is 1. The first-order chi connectivity index (χ1) is 9.70. The SMILES string of the molecule is O=C(O)c1cc2cc(CBr)ccc2n1-c1ccccc1. The summed E-state index contributed by atoms with van der Waals surface area (Å²) in [4.78, 5) is 11.5. The number of hydrogen-bond acceptors (Lipinski definition) is 1. The Kier molecular flexibility index (Phi) is 3.32. The molecule has 0 amide bonds. The van der Waals surface area contributed by atoms with Gasteiger partial charge in [-0.2, -0.15) is 0 Å². The van der Waals surface area contributed by atoms with Crippen molar-refractivity contribution in [2.45, 2.75) is 5.33 Å². The smallest absolute Gasteiger partial charge is 0.352 e. The monoisotopic (exact) mass is 329 g/mol. The van der Waals surface area contributed by atoms with E-state index in [1.807, 2.05) is 48.5 Å². The molecule has 0 saturated heterocycles. The highest BCUT2D eigenvalue weighted by atomic mass is 79.9. The summed E-state index contributed by atoms with van der Waals surface area (Å²) in [5.41, 5.74) is 3.15. The van der Waals surface area contributed by atoms with Gasteiger partial charge in [0.15, 0.2) is 0 Å². The highest BCUT2D eigenvalue weighted by molar-refractivity contribution is 9.08. The van der Waals surface area contributed by atoms with Gasteiger partial charge in [-0.3, -0.25) is 0 Å². The minimum Gasteiger partial charge on any atom is -0.477 e. The zero-order chi connectivity index (χ0) is 14.1. The summed E-state index contributed by atoms with van der Waals surface area (Å²) in [5.74, 6) is -0.926. The molecule has 0 spiro atoms. The molecule has 0 atom stereocenters. The highest BCUT2D eigenvalue weighted by Gasteiger charge is 2.15. The molecule has 3 nitrogen and oxygen atoms in total. The number of nitrogens with zero attached hydrogens (tertiary/aromatic N) is 1. The third kappa shape index (κ3) is 2.12. The number of aromatic nitrogens is 1. The van der Waals surface area contributed by atoms with Crippen LogP contribution in [0.15, 0.2) is 54.6 Å². The minimum atomic E-state index is -0.926. The minimum absolute atomic E-state index is 0.276. The summed E-state index contributed by atoms with van der Waals surface area (Å²) < 4.78 is 1.77. The summed E-state index contributed by atoms with van der Waals surface area (Å²) >= 11 is 3.42. The fourth-order valence-electron chi connectivity index (χ4n) is 2.36. The average Bonchev–Trinajstić information content (AvgIpc) is 2.86. The molecule has 0 unspecified atom stereocenters. The Labute approximate surface area is 124 Å². The maximum Gasteiger partial charge on any atom is 0.352 e. The summed E-state index contributed by atoms with van der Waals surface area (Å²) in [6.07, 6.45) is 0. The van der Waals surface area contributed by atoms with E-state index in [-0.39, 0.29) is 5.69 Å². The van der Waals surface area contributed by atoms with Gasteiger partial charge < -0.3 is 9.67 Å². The van der Waals surface area contributed by atoms with E-state index in [1.165, 1.54) is 0 Å². The van der Waals surface area contributed by atoms with Gasteiger partial charge >= 0.3 is 5.97 Å². The van der Waals surface area contributed by atoms with Crippen molar-refractivity contribution in [3.63, 3.8) is 0 Å². The zero-order valence-electron chi connectivity index (χ0n) is 10.6. The number of carboxylic acids is 1. The van der Waals surface area contributed by atoms with Gasteiger partial charge in [0, 0.05) is 16.4 Å². The van der Waals surface area contributed by atoms with Gasteiger partial charge in [0.05, 0.1) is 5.52 Å². The normalized spacial score (nSPS) is 10.8. The first kappa shape index (κ1) is 12.9. The molecule has 0 radical (unpaired) electrons. The molecule has 0 saturated carbocycles. The molecule has 3 rings (SSSR count). The quantitative estimate of drug-likeness (QED) is 0.731. The predicted octanol–water partition coefficient (Wildman–Crippen LogP) is 4.22. The van der Waals surface area contributed by atoms with Crippen LogP contribution in [0.4, 0.5) is 0 Å². The molecule has 20 heavy (non-hydrogen) atoms. The van der Waals surface area contributed by atoms with E-state index < -0.39 is 5.97 Å². The molecule has 0 bridgehead atoms. The maximum atomic E-state index is 11.5. The van der Waals surface area contributed by atoms with E-state index in [0.717, 1.165) is 27.5 Å². The largest absolute Gasteiger partial charge is 0.477 e. The molecular formula is C16H12BrNO2. The van der Waals surface area contributed by atoms with E-state index in [1.54, 1.807) is 10.6 Å². The van der Waals surface area contributed by atoms with Gasteiger partial charge in [0.2, 0.25) is 0 Å². The lowest BCUT2D eigenvalue weighted by molar-refractivity contribution is 0.0688. The molecule has 1 heterocycles. The Bertz CT molecular complexity index is 778. The van der Waals surface area contributed by atoms with E-state index >= 15 is 0 Å². The lowest BCUT2D eigenvalue weighted by Gasteiger charge is -2.08. The molecule has 1 N–H and O–H groups in total. The molecule has 0 aliphatic heterocycles. The molecule has 0 aliphatic rings. The number of hydrogen-bond donors (Lipinski definition) is 1. The first-order valence-corrected chi connectivity index (χ1v) is 7.32. The number of halogens is 1. The number of benzene rings is 2. The van der Waals surface area contributed by atoms with Gasteiger partial charge in [-0.25, -0.2) is 4.79 Å². The van der Waals surface area contributed by atoms with Crippen molar-refractivity contribution in [2.75, 3.05) is 0 Å². The van der Waals surface area contributed by atoms with Crippen molar-refractivity contribution in [1.82, 2.24) is 4.57 Å². The summed E-state index contributed by atoms with van der Waals surface area (Å²) in [7, 11) is 0. The predicted molar refractivity (Wildman–Crippen MR) is 82.9 cm³/mol. The van der Waals surface area contributed by atoms with Crippen LogP contribution in [0, 0.1) is 0 Å². The number of alkyl halides is 1. The van der Waals surface area contributed by atoms with E-state index in [9.17, 15) is 9.90 Å². The topological polar surface area (TPSA) is 42.2 Å². The second-order valence-electron chi connectivity index (χ2n) is 4.53. The molecule has 100 valence electrons. The Morgan fingerprint density at radius 3 is 2.50 bits per heavy atom. The fourth-order valence-corrected chi connectivity index (χ4v) is 2.71. The highest BCUT2D eigenvalue weighted by Crippen LogP contribution is 2.26. The van der Waals surface area contributed by atoms with Crippen LogP contribution in [0.25, 0.3) is 16.6 Å². The maximum absolute atomic E-state index is 11.5. The van der Waals surface area contributed by atoms with Crippen molar-refractivity contribution >= 4 is 32.8 Å². The van der Waals surface area contributed by atoms with Crippen LogP contribution in [-0.4, -0.2) is 15.6 Å². The van der Waals surface area contributed by atoms with Crippen molar-refractivity contribution in [2.24, 2.45) is 0 Å². The average molecular weight is 330 g/mol. The summed E-state index contributed by atoms with van der Waals surface area (Å²) in [5, 5.41) is 11.1. The fraction of sp³-hybridized carbons (Fsp3) is 0.0625. The molecular weight excluding hydrogens is 318 g/mol. The number of carboxylic acid groups (broad SMARTS) is 1. The van der Waals surface area contributed by atoms with Crippen LogP contribution < -0.4 is 0 Å². The Morgan fingerprint density at radius 1 is 1.10 bits per heavy atom. The van der Waals surface area contributed by atoms with E-state index in [4.69, 9.17) is 0 Å². The standard InChI is InChI=1S/C16H12BrNO2/c17-10-11-6-7-14-12(8-11)9-15(16(19)20)18(14)13-4-2-1-3-5-13/h1-9H,10H2,(H,19,20). The second-order valence-corrected chi connectivity index (χ2v) is 5.09. The van der Waals surface area contributed by atoms with E-state index in [2.05, 4.69) is 15.9 Å². The summed E-state index contributed by atoms with van der Waals surface area (Å²) in [6.45, 7) is 0. The Morgan fingerprint density at radius 2 is 1.85 bits per heavy atom. The van der Waals surface area contributed by atoms with Gasteiger partial charge in [-0.1, -0.05) is 40.2 Å². The van der Waals surface area contributed by atoms with Crippen LogP contribution in [-0.2, 0) is 5.33 Å². The molecule has 1 aromatic heterocycles. The van der Waals surface area contributed by atoms with Crippen molar-refractivity contribution in [1.29, 1.82) is 0 Å². The van der Waals surface area contributed by atoms with Gasteiger partial charge in [0.25, 0.3) is 0 Å². The molecule has 0 fully saturated rings. The number of fused-ring (bicyclic) bond motifs is 1. The summed E-state index contributed by atoms with van der Waals surface area (Å²) in [6, 6.07) is 17.2. The van der Waals surface area contributed by atoms with Crippen molar-refractivity contribution in [3.8, 4) is 5.69 Å². The zero-order valence-corrected chi connectivity index (χ0v) is 12.2. The number of carbonyl (C=O) groups is 1. The first-order valence-electron chi connectivity index (χ1n) is 6.20. The number of para-hydroxylation sites is 1. The lowest BCUT2D eigenvalue weighted by Crippen LogP contribution is -2.06. The lowest BCUT2D eigenvalue weighted by atomic mass is 10.2. The van der Waals surface area contributed by atoms with Crippen molar-refractivity contribution in [3.05, 3.63) is 65.9 Å². The molecule has 3 aromatic rings. The van der Waals surface area contributed by atoms with Gasteiger partial charge in [-0.15, -0.1) is 0 Å². The molecule has 4 heteroatoms. The molecule has 2 aromatic carbocycles. The number of rotatable bonds is 3. The third-order valence-electron chi connectivity index (χ3n) is 3.25. The van der Waals surface area contributed by atoms with Crippen LogP contribution in [0.3, 0.4) is 0 Å². The van der Waals surface area contributed by atoms with Crippen LogP contribution in [0.5, 0.6) is 0 Å². The third-order valence-corrected chi connectivity index (χ3v) is 3.90.